The van der Waals surface area contributed by atoms with Crippen molar-refractivity contribution in [1.82, 2.24) is 4.90 Å². The van der Waals surface area contributed by atoms with Gasteiger partial charge in [0.25, 0.3) is 0 Å². The van der Waals surface area contributed by atoms with E-state index in [1.54, 1.807) is 0 Å². The first-order chi connectivity index (χ1) is 7.04. The molecule has 0 amide bonds. The summed E-state index contributed by atoms with van der Waals surface area (Å²) in [6.45, 7) is 8.85. The Labute approximate surface area is 92.8 Å². The van der Waals surface area contributed by atoms with Gasteiger partial charge in [-0.1, -0.05) is 0 Å². The molecule has 0 radical (unpaired) electrons. The lowest BCUT2D eigenvalue weighted by atomic mass is 10.1. The minimum atomic E-state index is -0.362. The van der Waals surface area contributed by atoms with Crippen LogP contribution in [0, 0.1) is 0 Å². The van der Waals surface area contributed by atoms with Gasteiger partial charge in [0.05, 0.1) is 12.7 Å². The standard InChI is InChI=1S/C12H24FNO/c1-12(2,3)14-8-4-5-11(6-9-14)15-10-7-13/h11H,4-10H2,1-3H3/i13-1. The molecule has 1 aliphatic heterocycles. The van der Waals surface area contributed by atoms with Crippen LogP contribution >= 0.6 is 0 Å². The van der Waals surface area contributed by atoms with Crippen molar-refractivity contribution >= 4 is 0 Å². The SMILES string of the molecule is CC(C)(C)N1CCCC(OCC[18F])CC1. The average molecular weight is 216 g/mol. The Bertz CT molecular complexity index is 179. The molecule has 1 saturated heterocycles. The zero-order chi connectivity index (χ0) is 11.3. The quantitative estimate of drug-likeness (QED) is 0.719. The van der Waals surface area contributed by atoms with Gasteiger partial charge in [0.15, 0.2) is 0 Å². The third-order valence-electron chi connectivity index (χ3n) is 3.05. The molecule has 1 atom stereocenters. The largest absolute Gasteiger partial charge is 0.375 e. The maximum atomic E-state index is 12.0. The van der Waals surface area contributed by atoms with E-state index in [4.69, 9.17) is 4.74 Å². The predicted octanol–water partition coefficient (Wildman–Crippen LogP) is 2.63. The van der Waals surface area contributed by atoms with Gasteiger partial charge in [-0.25, -0.2) is 4.39 Å². The van der Waals surface area contributed by atoms with E-state index in [0.29, 0.717) is 0 Å². The highest BCUT2D eigenvalue weighted by atomic mass is 18.2. The summed E-state index contributed by atoms with van der Waals surface area (Å²) in [4.78, 5) is 2.49. The third kappa shape index (κ3) is 4.47. The smallest absolute Gasteiger partial charge is 0.113 e. The zero-order valence-electron chi connectivity index (χ0n) is 10.3. The average Bonchev–Trinajstić information content (AvgIpc) is 2.38. The van der Waals surface area contributed by atoms with Crippen LogP contribution in [0.1, 0.15) is 40.0 Å². The second kappa shape index (κ2) is 5.80. The summed E-state index contributed by atoms with van der Waals surface area (Å²) in [5.41, 5.74) is 0.245. The summed E-state index contributed by atoms with van der Waals surface area (Å²) < 4.78 is 17.5. The molecule has 1 aliphatic rings. The highest BCUT2D eigenvalue weighted by Crippen LogP contribution is 2.21. The Balaban J connectivity index is 2.35. The molecular formula is C12H24FNO. The zero-order valence-corrected chi connectivity index (χ0v) is 10.3. The van der Waals surface area contributed by atoms with Crippen LogP contribution in [0.4, 0.5) is 4.39 Å². The van der Waals surface area contributed by atoms with Gasteiger partial charge in [-0.05, 0) is 46.6 Å². The lowest BCUT2D eigenvalue weighted by Crippen LogP contribution is -2.42. The lowest BCUT2D eigenvalue weighted by Gasteiger charge is -2.34. The van der Waals surface area contributed by atoms with Crippen molar-refractivity contribution in [3.05, 3.63) is 0 Å². The van der Waals surface area contributed by atoms with E-state index in [1.807, 2.05) is 0 Å². The summed E-state index contributed by atoms with van der Waals surface area (Å²) in [5, 5.41) is 0. The Morgan fingerprint density at radius 2 is 2.00 bits per heavy atom. The van der Waals surface area contributed by atoms with Crippen molar-refractivity contribution < 1.29 is 9.13 Å². The molecule has 0 aromatic carbocycles. The van der Waals surface area contributed by atoms with Crippen molar-refractivity contribution in [3.63, 3.8) is 0 Å². The van der Waals surface area contributed by atoms with Crippen molar-refractivity contribution in [2.24, 2.45) is 0 Å². The fourth-order valence-corrected chi connectivity index (χ4v) is 2.11. The molecule has 1 unspecified atom stereocenters. The maximum Gasteiger partial charge on any atom is 0.113 e. The van der Waals surface area contributed by atoms with Crippen LogP contribution in [0.5, 0.6) is 0 Å². The molecule has 0 spiro atoms. The first-order valence-electron chi connectivity index (χ1n) is 5.96. The van der Waals surface area contributed by atoms with Gasteiger partial charge in [-0.2, -0.15) is 0 Å². The molecule has 0 aliphatic carbocycles. The second-order valence-corrected chi connectivity index (χ2v) is 5.27. The van der Waals surface area contributed by atoms with Gasteiger partial charge < -0.3 is 4.74 Å². The van der Waals surface area contributed by atoms with Gasteiger partial charge in [-0.3, -0.25) is 4.90 Å². The Kier molecular flexibility index (Phi) is 5.00. The monoisotopic (exact) mass is 216 g/mol. The van der Waals surface area contributed by atoms with Gasteiger partial charge in [0.1, 0.15) is 6.67 Å². The summed E-state index contributed by atoms with van der Waals surface area (Å²) in [6.07, 6.45) is 3.55. The molecule has 1 rings (SSSR count). The van der Waals surface area contributed by atoms with Crippen molar-refractivity contribution in [2.75, 3.05) is 26.4 Å². The highest BCUT2D eigenvalue weighted by Gasteiger charge is 2.24. The minimum Gasteiger partial charge on any atom is -0.375 e. The van der Waals surface area contributed by atoms with E-state index >= 15 is 0 Å². The summed E-state index contributed by atoms with van der Waals surface area (Å²) in [6, 6.07) is 0. The third-order valence-corrected chi connectivity index (χ3v) is 3.05. The van der Waals surface area contributed by atoms with Crippen LogP contribution in [0.3, 0.4) is 0 Å². The molecule has 2 nitrogen and oxygen atoms in total. The van der Waals surface area contributed by atoms with E-state index < -0.39 is 0 Å². The number of ether oxygens (including phenoxy) is 1. The van der Waals surface area contributed by atoms with Crippen molar-refractivity contribution in [3.8, 4) is 0 Å². The van der Waals surface area contributed by atoms with E-state index in [9.17, 15) is 4.39 Å². The van der Waals surface area contributed by atoms with Crippen molar-refractivity contribution in [1.29, 1.82) is 0 Å². The van der Waals surface area contributed by atoms with E-state index in [-0.39, 0.29) is 24.9 Å². The number of nitrogens with zero attached hydrogens (tertiary/aromatic N) is 1. The van der Waals surface area contributed by atoms with E-state index in [1.165, 1.54) is 0 Å². The number of halogens is 1. The van der Waals surface area contributed by atoms with Gasteiger partial charge >= 0.3 is 0 Å². The first-order valence-corrected chi connectivity index (χ1v) is 5.96. The lowest BCUT2D eigenvalue weighted by molar-refractivity contribution is 0.0328. The van der Waals surface area contributed by atoms with Gasteiger partial charge in [-0.15, -0.1) is 0 Å². The molecule has 0 aromatic heterocycles. The van der Waals surface area contributed by atoms with Gasteiger partial charge in [0, 0.05) is 12.1 Å². The second-order valence-electron chi connectivity index (χ2n) is 5.27. The molecule has 0 aromatic rings. The summed E-state index contributed by atoms with van der Waals surface area (Å²) in [5.74, 6) is 0. The Hall–Kier alpha value is -0.150. The van der Waals surface area contributed by atoms with Crippen LogP contribution in [0.15, 0.2) is 0 Å². The molecule has 15 heavy (non-hydrogen) atoms. The van der Waals surface area contributed by atoms with Crippen LogP contribution in [0.25, 0.3) is 0 Å². The van der Waals surface area contributed by atoms with E-state index in [0.717, 1.165) is 32.4 Å². The van der Waals surface area contributed by atoms with Crippen LogP contribution in [-0.4, -0.2) is 42.9 Å². The number of rotatable bonds is 3. The molecule has 1 heterocycles. The van der Waals surface area contributed by atoms with Crippen LogP contribution < -0.4 is 0 Å². The van der Waals surface area contributed by atoms with Crippen molar-refractivity contribution in [2.45, 2.75) is 51.7 Å². The van der Waals surface area contributed by atoms with Crippen LogP contribution in [0.2, 0.25) is 0 Å². The number of hydrogen-bond acceptors (Lipinski definition) is 2. The fourth-order valence-electron chi connectivity index (χ4n) is 2.11. The molecular weight excluding hydrogens is 192 g/mol. The normalized spacial score (nSPS) is 25.2. The molecule has 0 N–H and O–H groups in total. The topological polar surface area (TPSA) is 12.5 Å². The van der Waals surface area contributed by atoms with Crippen LogP contribution in [-0.2, 0) is 4.74 Å². The van der Waals surface area contributed by atoms with Gasteiger partial charge in [0.2, 0.25) is 0 Å². The summed E-state index contributed by atoms with van der Waals surface area (Å²) in [7, 11) is 0. The van der Waals surface area contributed by atoms with E-state index in [2.05, 4.69) is 25.7 Å². The summed E-state index contributed by atoms with van der Waals surface area (Å²) >= 11 is 0. The minimum absolute atomic E-state index is 0.245. The fraction of sp³-hybridized carbons (Fsp3) is 1.00. The maximum absolute atomic E-state index is 12.0. The highest BCUT2D eigenvalue weighted by molar-refractivity contribution is 4.80. The Morgan fingerprint density at radius 1 is 1.27 bits per heavy atom. The number of likely N-dealkylation sites (tertiary alicyclic amines) is 1. The molecule has 90 valence electrons. The molecule has 0 saturated carbocycles. The number of hydrogen-bond donors (Lipinski definition) is 0. The first kappa shape index (κ1) is 12.9. The number of alkyl halides is 1. The predicted molar refractivity (Wildman–Crippen MR) is 60.9 cm³/mol. The molecule has 0 bridgehead atoms. The molecule has 3 heteroatoms. The molecule has 1 fully saturated rings. The Morgan fingerprint density at radius 3 is 2.60 bits per heavy atom.